The zero-order chi connectivity index (χ0) is 16.8. The second kappa shape index (κ2) is 8.30. The quantitative estimate of drug-likeness (QED) is 0.810. The third-order valence-electron chi connectivity index (χ3n) is 4.61. The van der Waals surface area contributed by atoms with Crippen molar-refractivity contribution >= 4 is 11.8 Å². The summed E-state index contributed by atoms with van der Waals surface area (Å²) in [5, 5.41) is 2.81. The zero-order valence-electron chi connectivity index (χ0n) is 13.9. The number of nitrogens with zero attached hydrogens (tertiary/aromatic N) is 2. The average molecular weight is 335 g/mol. The summed E-state index contributed by atoms with van der Waals surface area (Å²) in [5.41, 5.74) is 0. The molecule has 2 aliphatic rings. The lowest BCUT2D eigenvalue weighted by Gasteiger charge is -2.32. The van der Waals surface area contributed by atoms with E-state index >= 15 is 0 Å². The minimum Gasteiger partial charge on any atom is -0.468 e. The topological polar surface area (TPSA) is 75.0 Å². The Hall–Kier alpha value is -1.86. The number of furan rings is 1. The predicted octanol–water partition coefficient (Wildman–Crippen LogP) is 0.467. The van der Waals surface area contributed by atoms with Crippen LogP contribution in [-0.4, -0.2) is 67.6 Å². The van der Waals surface area contributed by atoms with Crippen molar-refractivity contribution < 1.29 is 18.7 Å². The van der Waals surface area contributed by atoms with Crippen molar-refractivity contribution in [2.45, 2.75) is 19.4 Å². The summed E-state index contributed by atoms with van der Waals surface area (Å²) < 4.78 is 10.6. The van der Waals surface area contributed by atoms with E-state index in [0.29, 0.717) is 38.8 Å². The van der Waals surface area contributed by atoms with Gasteiger partial charge in [-0.2, -0.15) is 0 Å². The molecule has 7 heteroatoms. The number of piperidine rings is 1. The van der Waals surface area contributed by atoms with Crippen LogP contribution in [0, 0.1) is 5.92 Å². The maximum Gasteiger partial charge on any atom is 0.312 e. The smallest absolute Gasteiger partial charge is 0.312 e. The van der Waals surface area contributed by atoms with Gasteiger partial charge in [0.15, 0.2) is 0 Å². The Kier molecular flexibility index (Phi) is 5.87. The summed E-state index contributed by atoms with van der Waals surface area (Å²) in [7, 11) is 0. The fourth-order valence-electron chi connectivity index (χ4n) is 3.31. The Morgan fingerprint density at radius 3 is 2.83 bits per heavy atom. The third kappa shape index (κ3) is 4.58. The van der Waals surface area contributed by atoms with Gasteiger partial charge in [0.1, 0.15) is 5.76 Å². The fraction of sp³-hybridized carbons (Fsp3) is 0.647. The summed E-state index contributed by atoms with van der Waals surface area (Å²) in [6.45, 7) is 5.28. The summed E-state index contributed by atoms with van der Waals surface area (Å²) >= 11 is 0. The van der Waals surface area contributed by atoms with Crippen LogP contribution in [0.5, 0.6) is 0 Å². The molecule has 2 saturated heterocycles. The third-order valence-corrected chi connectivity index (χ3v) is 4.61. The summed E-state index contributed by atoms with van der Waals surface area (Å²) in [6.07, 6.45) is 3.85. The van der Waals surface area contributed by atoms with Crippen LogP contribution in [0.25, 0.3) is 0 Å². The van der Waals surface area contributed by atoms with E-state index in [1.807, 2.05) is 12.1 Å². The van der Waals surface area contributed by atoms with Gasteiger partial charge in [0.05, 0.1) is 26.0 Å². The molecule has 2 fully saturated rings. The number of nitrogens with one attached hydrogen (secondary N) is 1. The standard InChI is InChI=1S/C17H25N3O4/c21-16(17(22)20-6-9-23-10-7-20)18-11-14-3-1-5-19(12-14)13-15-4-2-8-24-15/h2,4,8,14H,1,3,5-7,9-13H2,(H,18,21)/t14-/m0/s1. The van der Waals surface area contributed by atoms with Crippen LogP contribution < -0.4 is 5.32 Å². The number of ether oxygens (including phenoxy) is 1. The molecular weight excluding hydrogens is 310 g/mol. The minimum atomic E-state index is -0.500. The van der Waals surface area contributed by atoms with E-state index in [2.05, 4.69) is 10.2 Å². The normalized spacial score (nSPS) is 22.3. The van der Waals surface area contributed by atoms with Crippen molar-refractivity contribution in [3.8, 4) is 0 Å². The molecule has 132 valence electrons. The maximum atomic E-state index is 12.1. The highest BCUT2D eigenvalue weighted by atomic mass is 16.5. The number of carbonyl (C=O) groups excluding carboxylic acids is 2. The van der Waals surface area contributed by atoms with Gasteiger partial charge in [-0.25, -0.2) is 0 Å². The van der Waals surface area contributed by atoms with Gasteiger partial charge >= 0.3 is 11.8 Å². The highest BCUT2D eigenvalue weighted by molar-refractivity contribution is 6.35. The molecule has 1 aromatic rings. The first-order chi connectivity index (χ1) is 11.7. The first-order valence-electron chi connectivity index (χ1n) is 8.62. The number of hydrogen-bond donors (Lipinski definition) is 1. The average Bonchev–Trinajstić information content (AvgIpc) is 3.13. The molecule has 0 spiro atoms. The number of morpholine rings is 1. The summed E-state index contributed by atoms with van der Waals surface area (Å²) in [5.74, 6) is 0.388. The van der Waals surface area contributed by atoms with Crippen LogP contribution in [0.3, 0.4) is 0 Å². The lowest BCUT2D eigenvalue weighted by Crippen LogP contribution is -2.49. The van der Waals surface area contributed by atoms with Gasteiger partial charge in [0, 0.05) is 26.2 Å². The molecule has 24 heavy (non-hydrogen) atoms. The Labute approximate surface area is 141 Å². The zero-order valence-corrected chi connectivity index (χ0v) is 13.9. The number of hydrogen-bond acceptors (Lipinski definition) is 5. The molecule has 0 radical (unpaired) electrons. The van der Waals surface area contributed by atoms with Gasteiger partial charge in [-0.3, -0.25) is 14.5 Å². The number of rotatable bonds is 4. The molecule has 0 aromatic carbocycles. The van der Waals surface area contributed by atoms with Crippen molar-refractivity contribution in [1.82, 2.24) is 15.1 Å². The molecule has 2 amide bonds. The van der Waals surface area contributed by atoms with E-state index in [0.717, 1.165) is 38.2 Å². The molecule has 0 saturated carbocycles. The van der Waals surface area contributed by atoms with Gasteiger partial charge < -0.3 is 19.4 Å². The van der Waals surface area contributed by atoms with Gasteiger partial charge in [-0.05, 0) is 37.4 Å². The van der Waals surface area contributed by atoms with E-state index in [-0.39, 0.29) is 0 Å². The van der Waals surface area contributed by atoms with E-state index in [9.17, 15) is 9.59 Å². The second-order valence-corrected chi connectivity index (χ2v) is 6.44. The van der Waals surface area contributed by atoms with Gasteiger partial charge in [0.25, 0.3) is 0 Å². The Morgan fingerprint density at radius 1 is 1.25 bits per heavy atom. The highest BCUT2D eigenvalue weighted by Crippen LogP contribution is 2.18. The number of carbonyl (C=O) groups is 2. The van der Waals surface area contributed by atoms with Crippen molar-refractivity contribution in [3.05, 3.63) is 24.2 Å². The summed E-state index contributed by atoms with van der Waals surface area (Å²) in [4.78, 5) is 28.0. The van der Waals surface area contributed by atoms with Crippen LogP contribution >= 0.6 is 0 Å². The lowest BCUT2D eigenvalue weighted by atomic mass is 9.98. The van der Waals surface area contributed by atoms with Crippen LogP contribution in [0.1, 0.15) is 18.6 Å². The van der Waals surface area contributed by atoms with Crippen molar-refractivity contribution in [2.75, 3.05) is 45.9 Å². The van der Waals surface area contributed by atoms with Gasteiger partial charge in [-0.15, -0.1) is 0 Å². The highest BCUT2D eigenvalue weighted by Gasteiger charge is 2.25. The molecular formula is C17H25N3O4. The van der Waals surface area contributed by atoms with E-state index < -0.39 is 11.8 Å². The van der Waals surface area contributed by atoms with E-state index in [4.69, 9.17) is 9.15 Å². The second-order valence-electron chi connectivity index (χ2n) is 6.44. The fourth-order valence-corrected chi connectivity index (χ4v) is 3.31. The van der Waals surface area contributed by atoms with E-state index in [1.54, 1.807) is 11.2 Å². The Balaban J connectivity index is 1.42. The first-order valence-corrected chi connectivity index (χ1v) is 8.62. The molecule has 3 rings (SSSR count). The summed E-state index contributed by atoms with van der Waals surface area (Å²) in [6, 6.07) is 3.88. The van der Waals surface area contributed by atoms with Crippen LogP contribution in [-0.2, 0) is 20.9 Å². The monoisotopic (exact) mass is 335 g/mol. The number of likely N-dealkylation sites (tertiary alicyclic amines) is 1. The van der Waals surface area contributed by atoms with Crippen LogP contribution in [0.4, 0.5) is 0 Å². The molecule has 2 aliphatic heterocycles. The number of amides is 2. The van der Waals surface area contributed by atoms with E-state index in [1.165, 1.54) is 0 Å². The van der Waals surface area contributed by atoms with Crippen molar-refractivity contribution in [2.24, 2.45) is 5.92 Å². The molecule has 1 N–H and O–H groups in total. The SMILES string of the molecule is O=C(NC[C@@H]1CCCN(Cc2ccco2)C1)C(=O)N1CCOCC1. The van der Waals surface area contributed by atoms with Crippen molar-refractivity contribution in [3.63, 3.8) is 0 Å². The van der Waals surface area contributed by atoms with Crippen LogP contribution in [0.15, 0.2) is 22.8 Å². The Morgan fingerprint density at radius 2 is 2.08 bits per heavy atom. The molecule has 3 heterocycles. The van der Waals surface area contributed by atoms with Crippen molar-refractivity contribution in [1.29, 1.82) is 0 Å². The molecule has 0 aliphatic carbocycles. The molecule has 0 unspecified atom stereocenters. The molecule has 1 aromatic heterocycles. The lowest BCUT2D eigenvalue weighted by molar-refractivity contribution is -0.148. The Bertz CT molecular complexity index is 540. The predicted molar refractivity (Wildman–Crippen MR) is 87.1 cm³/mol. The molecule has 7 nitrogen and oxygen atoms in total. The molecule has 0 bridgehead atoms. The minimum absolute atomic E-state index is 0.371. The largest absolute Gasteiger partial charge is 0.468 e. The van der Waals surface area contributed by atoms with Crippen LogP contribution in [0.2, 0.25) is 0 Å². The first kappa shape index (κ1) is 17.0. The molecule has 1 atom stereocenters. The van der Waals surface area contributed by atoms with Gasteiger partial charge in [-0.1, -0.05) is 0 Å². The maximum absolute atomic E-state index is 12.1. The van der Waals surface area contributed by atoms with Gasteiger partial charge in [0.2, 0.25) is 0 Å².